The van der Waals surface area contributed by atoms with E-state index in [-0.39, 0.29) is 23.8 Å². The molecule has 5 rings (SSSR count). The molecule has 4 heterocycles. The number of urea groups is 1. The summed E-state index contributed by atoms with van der Waals surface area (Å²) in [5, 5.41) is 10.1. The first kappa shape index (κ1) is 26.0. The van der Waals surface area contributed by atoms with E-state index in [0.29, 0.717) is 36.3 Å². The fraction of sp³-hybridized carbons (Fsp3) is 0.444. The maximum atomic E-state index is 13.0. The van der Waals surface area contributed by atoms with Gasteiger partial charge in [0.05, 0.1) is 6.20 Å². The number of halogens is 1. The van der Waals surface area contributed by atoms with Crippen molar-refractivity contribution in [2.24, 2.45) is 16.8 Å². The van der Waals surface area contributed by atoms with Gasteiger partial charge in [-0.15, -0.1) is 0 Å². The summed E-state index contributed by atoms with van der Waals surface area (Å²) in [6.07, 6.45) is 9.90. The SMILES string of the molecule is CN(C)C(=O)N1CCC(CC(=O)Nc2ccc3cc2CCC2C=NC=C(C2)Nc2ncc(Cl)c(n2)N3)CC1. The predicted molar refractivity (Wildman–Crippen MR) is 150 cm³/mol. The number of hydrogen-bond acceptors (Lipinski definition) is 7. The van der Waals surface area contributed by atoms with Gasteiger partial charge < -0.3 is 25.8 Å². The molecule has 1 atom stereocenters. The molecule has 1 aromatic heterocycles. The summed E-state index contributed by atoms with van der Waals surface area (Å²) in [5.74, 6) is 1.48. The molecule has 1 unspecified atom stereocenters. The van der Waals surface area contributed by atoms with E-state index in [1.54, 1.807) is 31.4 Å². The zero-order valence-electron chi connectivity index (χ0n) is 21.7. The number of fused-ring (bicyclic) bond motifs is 6. The van der Waals surface area contributed by atoms with Crippen LogP contribution < -0.4 is 16.0 Å². The second kappa shape index (κ2) is 11.4. The molecule has 0 spiro atoms. The van der Waals surface area contributed by atoms with Gasteiger partial charge in [0, 0.05) is 69.0 Å². The Morgan fingerprint density at radius 3 is 2.79 bits per heavy atom. The number of carbonyl (C=O) groups excluding carboxylic acids is 2. The maximum absolute atomic E-state index is 13.0. The van der Waals surface area contributed by atoms with Gasteiger partial charge in [-0.3, -0.25) is 9.79 Å². The monoisotopic (exact) mass is 536 g/mol. The Labute approximate surface area is 227 Å². The molecular weight excluding hydrogens is 504 g/mol. The molecule has 3 amide bonds. The number of hydrogen-bond donors (Lipinski definition) is 3. The molecule has 0 saturated carbocycles. The van der Waals surface area contributed by atoms with Crippen LogP contribution in [0.5, 0.6) is 0 Å². The van der Waals surface area contributed by atoms with Crippen molar-refractivity contribution >= 4 is 52.9 Å². The van der Waals surface area contributed by atoms with Crippen molar-refractivity contribution in [2.75, 3.05) is 43.1 Å². The summed E-state index contributed by atoms with van der Waals surface area (Å²) in [5.41, 5.74) is 3.63. The van der Waals surface area contributed by atoms with Crippen LogP contribution in [0.4, 0.5) is 27.9 Å². The number of rotatable bonds is 3. The van der Waals surface area contributed by atoms with Crippen LogP contribution in [-0.4, -0.2) is 65.1 Å². The number of likely N-dealkylation sites (tertiary alicyclic amines) is 1. The summed E-state index contributed by atoms with van der Waals surface area (Å²) in [4.78, 5) is 42.0. The second-order valence-corrected chi connectivity index (χ2v) is 10.7. The third-order valence-electron chi connectivity index (χ3n) is 7.19. The largest absolute Gasteiger partial charge is 0.339 e. The number of piperidine rings is 1. The number of benzene rings is 1. The first-order valence-corrected chi connectivity index (χ1v) is 13.4. The van der Waals surface area contributed by atoms with Crippen molar-refractivity contribution in [3.63, 3.8) is 0 Å². The summed E-state index contributed by atoms with van der Waals surface area (Å²) in [6, 6.07) is 5.92. The van der Waals surface area contributed by atoms with Crippen molar-refractivity contribution in [3.8, 4) is 0 Å². The fourth-order valence-electron chi connectivity index (χ4n) is 5.11. The van der Waals surface area contributed by atoms with Crippen LogP contribution in [0.2, 0.25) is 5.02 Å². The van der Waals surface area contributed by atoms with Gasteiger partial charge >= 0.3 is 6.03 Å². The lowest BCUT2D eigenvalue weighted by atomic mass is 9.92. The van der Waals surface area contributed by atoms with Crippen molar-refractivity contribution < 1.29 is 9.59 Å². The van der Waals surface area contributed by atoms with Crippen LogP contribution >= 0.6 is 11.6 Å². The molecule has 3 N–H and O–H groups in total. The number of anilines is 4. The van der Waals surface area contributed by atoms with Crippen LogP contribution in [0, 0.1) is 11.8 Å². The minimum Gasteiger partial charge on any atom is -0.339 e. The lowest BCUT2D eigenvalue weighted by molar-refractivity contribution is -0.117. The Morgan fingerprint density at radius 2 is 2.00 bits per heavy atom. The van der Waals surface area contributed by atoms with Crippen LogP contribution in [-0.2, 0) is 11.2 Å². The molecule has 10 nitrogen and oxygen atoms in total. The standard InChI is InChI=1S/C27H33ClN8O2/c1-35(2)27(38)36-9-7-17(8-10-36)12-24(37)33-23-6-5-20-13-19(23)4-3-18-11-21(15-29-14-18)32-26-30-16-22(28)25(31-20)34-26/h5-6,13-18H,3-4,7-12H2,1-2H3,(H,33,37)(H2,30,31,32,34). The number of carbonyl (C=O) groups is 2. The summed E-state index contributed by atoms with van der Waals surface area (Å²) >= 11 is 6.37. The Hall–Kier alpha value is -3.66. The van der Waals surface area contributed by atoms with Crippen LogP contribution in [0.25, 0.3) is 0 Å². The number of aromatic nitrogens is 2. The van der Waals surface area contributed by atoms with E-state index in [1.807, 2.05) is 29.3 Å². The lowest BCUT2D eigenvalue weighted by Gasteiger charge is -2.33. The minimum atomic E-state index is -0.000558. The molecule has 0 radical (unpaired) electrons. The number of amides is 3. The van der Waals surface area contributed by atoms with E-state index < -0.39 is 0 Å². The van der Waals surface area contributed by atoms with Crippen molar-refractivity contribution in [2.45, 2.75) is 38.5 Å². The van der Waals surface area contributed by atoms with E-state index in [4.69, 9.17) is 11.6 Å². The van der Waals surface area contributed by atoms with Gasteiger partial charge in [0.1, 0.15) is 5.02 Å². The Morgan fingerprint density at radius 1 is 1.18 bits per heavy atom. The Bertz CT molecular complexity index is 1270. The molecule has 200 valence electrons. The van der Waals surface area contributed by atoms with E-state index in [0.717, 1.165) is 54.7 Å². The number of aliphatic imine (C=N–C) groups is 1. The third kappa shape index (κ3) is 6.24. The predicted octanol–water partition coefficient (Wildman–Crippen LogP) is 4.89. The number of allylic oxidation sites excluding steroid dienone is 1. The molecule has 1 fully saturated rings. The molecule has 1 aromatic carbocycles. The first-order valence-electron chi connectivity index (χ1n) is 13.0. The van der Waals surface area contributed by atoms with Crippen LogP contribution in [0.15, 0.2) is 41.3 Å². The normalized spacial score (nSPS) is 19.1. The first-order chi connectivity index (χ1) is 18.3. The highest BCUT2D eigenvalue weighted by Crippen LogP contribution is 2.31. The van der Waals surface area contributed by atoms with E-state index in [9.17, 15) is 9.59 Å². The van der Waals surface area contributed by atoms with Gasteiger partial charge in [0.15, 0.2) is 5.82 Å². The average molecular weight is 537 g/mol. The fourth-order valence-corrected chi connectivity index (χ4v) is 5.25. The van der Waals surface area contributed by atoms with Crippen LogP contribution in [0.1, 0.15) is 37.7 Å². The third-order valence-corrected chi connectivity index (χ3v) is 7.47. The van der Waals surface area contributed by atoms with E-state index >= 15 is 0 Å². The highest BCUT2D eigenvalue weighted by atomic mass is 35.5. The van der Waals surface area contributed by atoms with E-state index in [2.05, 4.69) is 30.9 Å². The smallest absolute Gasteiger partial charge is 0.319 e. The quantitative estimate of drug-likeness (QED) is 0.514. The van der Waals surface area contributed by atoms with Gasteiger partial charge in [-0.05, 0) is 61.8 Å². The summed E-state index contributed by atoms with van der Waals surface area (Å²) in [7, 11) is 3.53. The van der Waals surface area contributed by atoms with E-state index in [1.165, 1.54) is 0 Å². The van der Waals surface area contributed by atoms with Gasteiger partial charge in [0.25, 0.3) is 0 Å². The lowest BCUT2D eigenvalue weighted by Crippen LogP contribution is -2.44. The van der Waals surface area contributed by atoms with Crippen molar-refractivity contribution in [1.29, 1.82) is 0 Å². The van der Waals surface area contributed by atoms with Gasteiger partial charge in [0.2, 0.25) is 11.9 Å². The minimum absolute atomic E-state index is 0.000558. The van der Waals surface area contributed by atoms with Crippen LogP contribution in [0.3, 0.4) is 0 Å². The number of aryl methyl sites for hydroxylation is 1. The van der Waals surface area contributed by atoms with Gasteiger partial charge in [-0.2, -0.15) is 4.98 Å². The molecule has 38 heavy (non-hydrogen) atoms. The highest BCUT2D eigenvalue weighted by Gasteiger charge is 2.25. The molecule has 3 aliphatic rings. The molecule has 2 aromatic rings. The number of nitrogens with zero attached hydrogens (tertiary/aromatic N) is 5. The molecule has 3 aliphatic heterocycles. The van der Waals surface area contributed by atoms with Gasteiger partial charge in [-0.1, -0.05) is 11.6 Å². The highest BCUT2D eigenvalue weighted by molar-refractivity contribution is 6.32. The van der Waals surface area contributed by atoms with Crippen molar-refractivity contribution in [3.05, 3.63) is 46.9 Å². The topological polar surface area (TPSA) is 115 Å². The zero-order valence-corrected chi connectivity index (χ0v) is 22.5. The summed E-state index contributed by atoms with van der Waals surface area (Å²) < 4.78 is 0. The zero-order chi connectivity index (χ0) is 26.6. The number of nitrogens with one attached hydrogen (secondary N) is 3. The maximum Gasteiger partial charge on any atom is 0.319 e. The molecule has 1 saturated heterocycles. The Kier molecular flexibility index (Phi) is 7.78. The molecule has 0 aliphatic carbocycles. The summed E-state index contributed by atoms with van der Waals surface area (Å²) in [6.45, 7) is 1.37. The van der Waals surface area contributed by atoms with Crippen molar-refractivity contribution in [1.82, 2.24) is 19.8 Å². The molecule has 11 heteroatoms. The average Bonchev–Trinajstić information content (AvgIpc) is 2.91. The molecular formula is C27H33ClN8O2. The molecule has 6 bridgehead atoms. The Balaban J connectivity index is 1.30. The second-order valence-electron chi connectivity index (χ2n) is 10.3. The van der Waals surface area contributed by atoms with Gasteiger partial charge in [-0.25, -0.2) is 9.78 Å².